The molecule has 3 heterocycles. The van der Waals surface area contributed by atoms with E-state index in [-0.39, 0.29) is 0 Å². The summed E-state index contributed by atoms with van der Waals surface area (Å²) in [5.41, 5.74) is 10.1. The zero-order valence-corrected chi connectivity index (χ0v) is 26.9. The van der Waals surface area contributed by atoms with Crippen molar-refractivity contribution in [2.75, 3.05) is 0 Å². The van der Waals surface area contributed by atoms with Crippen LogP contribution in [-0.4, -0.2) is 9.13 Å². The van der Waals surface area contributed by atoms with Gasteiger partial charge < -0.3 is 9.13 Å². The highest BCUT2D eigenvalue weighted by Gasteiger charge is 2.21. The molecule has 0 amide bonds. The number of fused-ring (bicyclic) bond motifs is 10. The molecule has 0 atom stereocenters. The van der Waals surface area contributed by atoms with Gasteiger partial charge in [0.1, 0.15) is 0 Å². The van der Waals surface area contributed by atoms with Crippen LogP contribution < -0.4 is 0 Å². The first-order valence-corrected chi connectivity index (χ1v) is 16.9. The van der Waals surface area contributed by atoms with Gasteiger partial charge in [-0.2, -0.15) is 11.3 Å². The van der Waals surface area contributed by atoms with Gasteiger partial charge in [-0.1, -0.05) is 97.1 Å². The van der Waals surface area contributed by atoms with Crippen molar-refractivity contribution in [3.63, 3.8) is 0 Å². The molecule has 0 aliphatic carbocycles. The van der Waals surface area contributed by atoms with Crippen LogP contribution in [0.2, 0.25) is 0 Å². The lowest BCUT2D eigenvalue weighted by atomic mass is 10.0. The van der Waals surface area contributed by atoms with Gasteiger partial charge in [-0.05, 0) is 70.4 Å². The van der Waals surface area contributed by atoms with Gasteiger partial charge in [-0.25, -0.2) is 9.69 Å². The maximum atomic E-state index is 8.17. The van der Waals surface area contributed by atoms with Crippen molar-refractivity contribution in [2.24, 2.45) is 0 Å². The SMILES string of the molecule is [C-]#[N+]c1cccc2c1sc1c([N+]#[C-])cc3c(c4ccccc4n3-c3cccc(-c4cccc(-n5c6ccccc6c6ccccc65)c4)c3)c12. The smallest absolute Gasteiger partial charge is 0.206 e. The van der Waals surface area contributed by atoms with Crippen molar-refractivity contribution in [1.82, 2.24) is 9.13 Å². The molecule has 0 radical (unpaired) electrons. The lowest BCUT2D eigenvalue weighted by Crippen LogP contribution is -1.96. The molecule has 3 aromatic heterocycles. The summed E-state index contributed by atoms with van der Waals surface area (Å²) < 4.78 is 6.52. The van der Waals surface area contributed by atoms with Crippen LogP contribution in [-0.2, 0) is 0 Å². The van der Waals surface area contributed by atoms with Gasteiger partial charge in [0.2, 0.25) is 11.4 Å². The molecule has 0 saturated heterocycles. The summed E-state index contributed by atoms with van der Waals surface area (Å²) in [6.45, 7) is 16.0. The molecule has 10 aromatic rings. The van der Waals surface area contributed by atoms with E-state index in [1.807, 2.05) is 18.2 Å². The van der Waals surface area contributed by atoms with E-state index < -0.39 is 0 Å². The van der Waals surface area contributed by atoms with E-state index in [0.29, 0.717) is 11.4 Å². The third-order valence-electron chi connectivity index (χ3n) is 9.73. The Morgan fingerprint density at radius 1 is 0.408 bits per heavy atom. The topological polar surface area (TPSA) is 18.6 Å². The van der Waals surface area contributed by atoms with E-state index >= 15 is 0 Å². The largest absolute Gasteiger partial charge is 0.310 e. The van der Waals surface area contributed by atoms with E-state index in [2.05, 4.69) is 146 Å². The molecular formula is C44H24N4S. The molecule has 7 aromatic carbocycles. The van der Waals surface area contributed by atoms with Gasteiger partial charge in [-0.15, -0.1) is 0 Å². The molecule has 0 unspecified atom stereocenters. The zero-order chi connectivity index (χ0) is 32.6. The van der Waals surface area contributed by atoms with Crippen LogP contribution in [0, 0.1) is 13.1 Å². The van der Waals surface area contributed by atoms with Crippen LogP contribution >= 0.6 is 11.3 Å². The lowest BCUT2D eigenvalue weighted by molar-refractivity contribution is 1.17. The second-order valence-corrected chi connectivity index (χ2v) is 13.3. The first-order chi connectivity index (χ1) is 24.2. The summed E-state index contributed by atoms with van der Waals surface area (Å²) in [5, 5.41) is 6.82. The normalized spacial score (nSPS) is 11.6. The fourth-order valence-electron chi connectivity index (χ4n) is 7.69. The minimum absolute atomic E-state index is 0.610. The zero-order valence-electron chi connectivity index (χ0n) is 26.1. The quantitative estimate of drug-likeness (QED) is 0.171. The summed E-state index contributed by atoms with van der Waals surface area (Å²) in [6, 6.07) is 51.1. The van der Waals surface area contributed by atoms with E-state index in [1.165, 1.54) is 21.8 Å². The van der Waals surface area contributed by atoms with E-state index in [4.69, 9.17) is 13.1 Å². The van der Waals surface area contributed by atoms with Gasteiger partial charge in [0.15, 0.2) is 0 Å². The number of aromatic nitrogens is 2. The van der Waals surface area contributed by atoms with Gasteiger partial charge in [0, 0.05) is 47.8 Å². The Kier molecular flexibility index (Phi) is 5.84. The predicted octanol–water partition coefficient (Wildman–Crippen LogP) is 13.0. The van der Waals surface area contributed by atoms with Crippen molar-refractivity contribution in [2.45, 2.75) is 0 Å². The number of nitrogens with zero attached hydrogens (tertiary/aromatic N) is 4. The number of hydrogen-bond donors (Lipinski definition) is 0. The molecule has 0 saturated carbocycles. The first kappa shape index (κ1) is 27.5. The van der Waals surface area contributed by atoms with Crippen molar-refractivity contribution in [3.8, 4) is 22.5 Å². The van der Waals surface area contributed by atoms with Crippen LogP contribution in [0.15, 0.2) is 146 Å². The number of hydrogen-bond acceptors (Lipinski definition) is 1. The maximum Gasteiger partial charge on any atom is 0.206 e. The standard InChI is InChI=1S/C44H24N4S/c1-45-35-20-11-19-34-42-41-33-18-5-8-23-39(33)48(40(41)26-36(46-2)44(42)49-43(34)35)30-15-10-13-28(25-30)27-12-9-14-29(24-27)47-37-21-6-3-16-31(37)32-17-4-7-22-38(32)47/h3-26H. The highest BCUT2D eigenvalue weighted by molar-refractivity contribution is 7.27. The summed E-state index contributed by atoms with van der Waals surface area (Å²) in [6.07, 6.45) is 0. The Hall–Kier alpha value is -6.66. The molecule has 226 valence electrons. The number of rotatable bonds is 3. The molecule has 5 heteroatoms. The van der Waals surface area contributed by atoms with Crippen LogP contribution in [0.25, 0.3) is 96.0 Å². The maximum absolute atomic E-state index is 8.17. The van der Waals surface area contributed by atoms with Crippen molar-refractivity contribution >= 4 is 86.5 Å². The number of thiophene rings is 1. The lowest BCUT2D eigenvalue weighted by Gasteiger charge is -2.13. The monoisotopic (exact) mass is 640 g/mol. The first-order valence-electron chi connectivity index (χ1n) is 16.1. The number of benzene rings is 7. The van der Waals surface area contributed by atoms with Crippen molar-refractivity contribution < 1.29 is 0 Å². The third-order valence-corrected chi connectivity index (χ3v) is 11.0. The molecule has 0 bridgehead atoms. The summed E-state index contributed by atoms with van der Waals surface area (Å²) in [4.78, 5) is 7.83. The van der Waals surface area contributed by atoms with Gasteiger partial charge in [-0.3, -0.25) is 0 Å². The number of para-hydroxylation sites is 3. The molecule has 0 N–H and O–H groups in total. The second kappa shape index (κ2) is 10.4. The molecule has 0 fully saturated rings. The second-order valence-electron chi connectivity index (χ2n) is 12.3. The van der Waals surface area contributed by atoms with E-state index in [9.17, 15) is 0 Å². The van der Waals surface area contributed by atoms with Crippen molar-refractivity contribution in [1.29, 1.82) is 0 Å². The van der Waals surface area contributed by atoms with Gasteiger partial charge in [0.05, 0.1) is 29.7 Å². The van der Waals surface area contributed by atoms with E-state index in [0.717, 1.165) is 64.5 Å². The van der Waals surface area contributed by atoms with Gasteiger partial charge in [0.25, 0.3) is 0 Å². The molecule has 49 heavy (non-hydrogen) atoms. The van der Waals surface area contributed by atoms with Crippen LogP contribution in [0.4, 0.5) is 11.4 Å². The molecule has 0 aliphatic rings. The van der Waals surface area contributed by atoms with Gasteiger partial charge >= 0.3 is 0 Å². The Balaban J connectivity index is 1.21. The molecule has 10 rings (SSSR count). The molecule has 0 aliphatic heterocycles. The Morgan fingerprint density at radius 3 is 1.53 bits per heavy atom. The average molecular weight is 641 g/mol. The Bertz CT molecular complexity index is 3030. The minimum Gasteiger partial charge on any atom is -0.310 e. The molecule has 0 spiro atoms. The third kappa shape index (κ3) is 3.88. The summed E-state index contributed by atoms with van der Waals surface area (Å²) >= 11 is 1.55. The molecule has 4 nitrogen and oxygen atoms in total. The summed E-state index contributed by atoms with van der Waals surface area (Å²) in [5.74, 6) is 0. The average Bonchev–Trinajstić information content (AvgIpc) is 3.82. The molecular weight excluding hydrogens is 617 g/mol. The van der Waals surface area contributed by atoms with Crippen LogP contribution in [0.1, 0.15) is 0 Å². The highest BCUT2D eigenvalue weighted by atomic mass is 32.1. The van der Waals surface area contributed by atoms with Crippen LogP contribution in [0.5, 0.6) is 0 Å². The summed E-state index contributed by atoms with van der Waals surface area (Å²) in [7, 11) is 0. The fourth-order valence-corrected chi connectivity index (χ4v) is 8.91. The van der Waals surface area contributed by atoms with E-state index in [1.54, 1.807) is 11.3 Å². The Labute approximate surface area is 285 Å². The minimum atomic E-state index is 0.610. The highest BCUT2D eigenvalue weighted by Crippen LogP contribution is 2.49. The predicted molar refractivity (Wildman–Crippen MR) is 206 cm³/mol. The van der Waals surface area contributed by atoms with Crippen molar-refractivity contribution in [3.05, 3.63) is 168 Å². The fraction of sp³-hybridized carbons (Fsp3) is 0. The Morgan fingerprint density at radius 2 is 0.918 bits per heavy atom. The van der Waals surface area contributed by atoms with Crippen LogP contribution in [0.3, 0.4) is 0 Å².